The van der Waals surface area contributed by atoms with Crippen LogP contribution < -0.4 is 9.46 Å². The number of benzene rings is 2. The number of sulfonamides is 1. The molecule has 124 valence electrons. The summed E-state index contributed by atoms with van der Waals surface area (Å²) in [6, 6.07) is 8.29. The van der Waals surface area contributed by atoms with Crippen LogP contribution in [0.5, 0.6) is 5.75 Å². The van der Waals surface area contributed by atoms with E-state index in [1.54, 1.807) is 13.0 Å². The van der Waals surface area contributed by atoms with Crippen molar-refractivity contribution in [1.29, 1.82) is 0 Å². The zero-order chi connectivity index (χ0) is 17.2. The molecule has 7 heteroatoms. The zero-order valence-electron chi connectivity index (χ0n) is 12.9. The topological polar surface area (TPSA) is 55.4 Å². The number of aryl methyl sites for hydroxylation is 1. The summed E-state index contributed by atoms with van der Waals surface area (Å²) < 4.78 is 46.4. The molecule has 0 amide bonds. The van der Waals surface area contributed by atoms with Crippen LogP contribution in [0.25, 0.3) is 0 Å². The minimum absolute atomic E-state index is 0.134. The first-order valence-corrected chi connectivity index (χ1v) is 8.72. The summed E-state index contributed by atoms with van der Waals surface area (Å²) >= 11 is 5.65. The second-order valence-electron chi connectivity index (χ2n) is 5.16. The first kappa shape index (κ1) is 17.7. The molecule has 0 spiro atoms. The molecule has 0 saturated heterocycles. The van der Waals surface area contributed by atoms with Crippen LogP contribution in [0.3, 0.4) is 0 Å². The van der Waals surface area contributed by atoms with Crippen LogP contribution in [0.4, 0.5) is 4.39 Å². The van der Waals surface area contributed by atoms with E-state index in [2.05, 4.69) is 4.72 Å². The van der Waals surface area contributed by atoms with Gasteiger partial charge in [-0.25, -0.2) is 17.5 Å². The van der Waals surface area contributed by atoms with E-state index in [0.29, 0.717) is 11.3 Å². The van der Waals surface area contributed by atoms with Crippen LogP contribution in [-0.2, 0) is 10.0 Å². The number of ether oxygens (including phenoxy) is 1. The highest BCUT2D eigenvalue weighted by atomic mass is 35.5. The van der Waals surface area contributed by atoms with Crippen molar-refractivity contribution in [1.82, 2.24) is 4.72 Å². The van der Waals surface area contributed by atoms with Crippen molar-refractivity contribution in [3.8, 4) is 5.75 Å². The molecule has 2 aromatic rings. The van der Waals surface area contributed by atoms with Gasteiger partial charge in [-0.15, -0.1) is 0 Å². The van der Waals surface area contributed by atoms with Crippen LogP contribution >= 0.6 is 11.6 Å². The number of halogens is 2. The van der Waals surface area contributed by atoms with Crippen molar-refractivity contribution in [2.45, 2.75) is 24.8 Å². The van der Waals surface area contributed by atoms with Crippen LogP contribution in [0.1, 0.15) is 24.1 Å². The van der Waals surface area contributed by atoms with Gasteiger partial charge in [0, 0.05) is 16.6 Å². The molecule has 2 aromatic carbocycles. The van der Waals surface area contributed by atoms with E-state index in [1.165, 1.54) is 13.2 Å². The molecule has 0 aromatic heterocycles. The van der Waals surface area contributed by atoms with E-state index in [4.69, 9.17) is 16.3 Å². The van der Waals surface area contributed by atoms with Crippen molar-refractivity contribution in [2.24, 2.45) is 0 Å². The fourth-order valence-corrected chi connectivity index (χ4v) is 3.69. The summed E-state index contributed by atoms with van der Waals surface area (Å²) in [5.41, 5.74) is 1.63. The predicted molar refractivity (Wildman–Crippen MR) is 87.9 cm³/mol. The SMILES string of the molecule is COc1ccc(C)cc1[C@H](C)NS(=O)(=O)c1ccc(Cl)cc1F. The smallest absolute Gasteiger partial charge is 0.244 e. The Kier molecular flexibility index (Phi) is 5.29. The summed E-state index contributed by atoms with van der Waals surface area (Å²) in [6.07, 6.45) is 0. The second kappa shape index (κ2) is 6.86. The molecule has 23 heavy (non-hydrogen) atoms. The summed E-state index contributed by atoms with van der Waals surface area (Å²) in [4.78, 5) is -0.444. The highest BCUT2D eigenvalue weighted by Crippen LogP contribution is 2.28. The Hall–Kier alpha value is -1.63. The fourth-order valence-electron chi connectivity index (χ4n) is 2.25. The number of rotatable bonds is 5. The Balaban J connectivity index is 2.35. The van der Waals surface area contributed by atoms with E-state index in [9.17, 15) is 12.8 Å². The lowest BCUT2D eigenvalue weighted by Crippen LogP contribution is -2.28. The van der Waals surface area contributed by atoms with E-state index in [0.717, 1.165) is 17.7 Å². The number of methoxy groups -OCH3 is 1. The molecule has 0 aliphatic rings. The monoisotopic (exact) mass is 357 g/mol. The molecular formula is C16H17ClFNO3S. The maximum atomic E-state index is 13.9. The van der Waals surface area contributed by atoms with Gasteiger partial charge in [0.25, 0.3) is 0 Å². The third kappa shape index (κ3) is 4.02. The zero-order valence-corrected chi connectivity index (χ0v) is 14.5. The molecule has 0 aliphatic carbocycles. The van der Waals surface area contributed by atoms with E-state index in [1.807, 2.05) is 19.1 Å². The molecule has 4 nitrogen and oxygen atoms in total. The van der Waals surface area contributed by atoms with Crippen molar-refractivity contribution in [3.63, 3.8) is 0 Å². The average molecular weight is 358 g/mol. The number of hydrogen-bond donors (Lipinski definition) is 1. The minimum Gasteiger partial charge on any atom is -0.496 e. The van der Waals surface area contributed by atoms with E-state index in [-0.39, 0.29) is 5.02 Å². The van der Waals surface area contributed by atoms with Gasteiger partial charge in [-0.2, -0.15) is 0 Å². The molecule has 0 radical (unpaired) electrons. The van der Waals surface area contributed by atoms with Crippen molar-refractivity contribution >= 4 is 21.6 Å². The van der Waals surface area contributed by atoms with Gasteiger partial charge in [0.05, 0.1) is 7.11 Å². The fraction of sp³-hybridized carbons (Fsp3) is 0.250. The highest BCUT2D eigenvalue weighted by molar-refractivity contribution is 7.89. The second-order valence-corrected chi connectivity index (χ2v) is 7.28. The molecule has 1 atom stereocenters. The Labute approximate surface area is 140 Å². The molecule has 1 N–H and O–H groups in total. The minimum atomic E-state index is -4.03. The van der Waals surface area contributed by atoms with Gasteiger partial charge < -0.3 is 4.74 Å². The largest absolute Gasteiger partial charge is 0.496 e. The first-order valence-electron chi connectivity index (χ1n) is 6.86. The lowest BCUT2D eigenvalue weighted by Gasteiger charge is -2.18. The molecule has 0 bridgehead atoms. The lowest BCUT2D eigenvalue weighted by molar-refractivity contribution is 0.405. The van der Waals surface area contributed by atoms with Crippen molar-refractivity contribution in [3.05, 3.63) is 58.4 Å². The predicted octanol–water partition coefficient (Wildman–Crippen LogP) is 3.84. The summed E-state index contributed by atoms with van der Waals surface area (Å²) in [7, 11) is -2.52. The van der Waals surface area contributed by atoms with Gasteiger partial charge in [-0.3, -0.25) is 0 Å². The molecule has 2 rings (SSSR count). The Morgan fingerprint density at radius 2 is 1.91 bits per heavy atom. The van der Waals surface area contributed by atoms with Gasteiger partial charge in [-0.05, 0) is 38.1 Å². The Bertz CT molecular complexity index is 824. The quantitative estimate of drug-likeness (QED) is 0.884. The van der Waals surface area contributed by atoms with E-state index < -0.39 is 26.8 Å². The van der Waals surface area contributed by atoms with Crippen molar-refractivity contribution in [2.75, 3.05) is 7.11 Å². The number of nitrogens with one attached hydrogen (secondary N) is 1. The first-order chi connectivity index (χ1) is 10.7. The molecular weight excluding hydrogens is 341 g/mol. The normalized spacial score (nSPS) is 12.9. The summed E-state index contributed by atoms with van der Waals surface area (Å²) in [6.45, 7) is 3.56. The van der Waals surface area contributed by atoms with Crippen LogP contribution in [-0.4, -0.2) is 15.5 Å². The van der Waals surface area contributed by atoms with Crippen LogP contribution in [0.2, 0.25) is 5.02 Å². The third-order valence-electron chi connectivity index (χ3n) is 3.37. The van der Waals surface area contributed by atoms with Crippen LogP contribution in [0.15, 0.2) is 41.3 Å². The maximum absolute atomic E-state index is 13.9. The molecule has 0 saturated carbocycles. The Morgan fingerprint density at radius 1 is 1.22 bits per heavy atom. The third-order valence-corrected chi connectivity index (χ3v) is 5.18. The standard InChI is InChI=1S/C16H17ClFNO3S/c1-10-4-6-15(22-3)13(8-10)11(2)19-23(20,21)16-7-5-12(17)9-14(16)18/h4-9,11,19H,1-3H3/t11-/m0/s1. The lowest BCUT2D eigenvalue weighted by atomic mass is 10.1. The summed E-state index contributed by atoms with van der Waals surface area (Å²) in [5, 5.41) is 0.134. The summed E-state index contributed by atoms with van der Waals surface area (Å²) in [5.74, 6) is -0.337. The van der Waals surface area contributed by atoms with Gasteiger partial charge in [-0.1, -0.05) is 29.3 Å². The maximum Gasteiger partial charge on any atom is 0.244 e. The Morgan fingerprint density at radius 3 is 2.52 bits per heavy atom. The average Bonchev–Trinajstić information content (AvgIpc) is 2.46. The van der Waals surface area contributed by atoms with E-state index >= 15 is 0 Å². The molecule has 0 aliphatic heterocycles. The molecule has 0 heterocycles. The van der Waals surface area contributed by atoms with Gasteiger partial charge in [0.1, 0.15) is 16.5 Å². The van der Waals surface area contributed by atoms with Gasteiger partial charge in [0.2, 0.25) is 10.0 Å². The number of hydrogen-bond acceptors (Lipinski definition) is 3. The van der Waals surface area contributed by atoms with Crippen molar-refractivity contribution < 1.29 is 17.5 Å². The molecule has 0 fully saturated rings. The highest BCUT2D eigenvalue weighted by Gasteiger charge is 2.23. The van der Waals surface area contributed by atoms with Gasteiger partial charge in [0.15, 0.2) is 0 Å². The molecule has 0 unspecified atom stereocenters. The van der Waals surface area contributed by atoms with Gasteiger partial charge >= 0.3 is 0 Å². The van der Waals surface area contributed by atoms with Crippen LogP contribution in [0, 0.1) is 12.7 Å².